The third-order valence-electron chi connectivity index (χ3n) is 6.52. The number of pyridine rings is 1. The maximum absolute atomic E-state index is 13.1. The fourth-order valence-electron chi connectivity index (χ4n) is 4.61. The van der Waals surface area contributed by atoms with Crippen LogP contribution in [0.5, 0.6) is 11.6 Å². The van der Waals surface area contributed by atoms with E-state index in [1.54, 1.807) is 19.4 Å². The monoisotopic (exact) mass is 457 g/mol. The van der Waals surface area contributed by atoms with Gasteiger partial charge in [-0.2, -0.15) is 0 Å². The molecule has 33 heavy (non-hydrogen) atoms. The standard InChI is InChI=1S/C23H27N3O7/c1-4-14-11-23(14,21(28)32-3)25-19(27)18-10-16(12-26(18)22(29)30)33-20-17-6-5-15(31-2)9-13(17)7-8-24-20/h5-9,14,16,18H,4,10-12H2,1-3H3,(H,25,27)(H,29,30). The fraction of sp³-hybridized carbons (Fsp3) is 0.478. The van der Waals surface area contributed by atoms with Crippen molar-refractivity contribution in [3.05, 3.63) is 30.5 Å². The van der Waals surface area contributed by atoms with Crippen molar-refractivity contribution in [3.8, 4) is 11.6 Å². The Morgan fingerprint density at radius 2 is 2.06 bits per heavy atom. The molecule has 2 aromatic rings. The average molecular weight is 457 g/mol. The minimum Gasteiger partial charge on any atom is -0.497 e. The van der Waals surface area contributed by atoms with Gasteiger partial charge in [-0.3, -0.25) is 9.69 Å². The maximum atomic E-state index is 13.1. The molecule has 2 amide bonds. The fourth-order valence-corrected chi connectivity index (χ4v) is 4.61. The molecule has 2 aliphatic rings. The lowest BCUT2D eigenvalue weighted by Crippen LogP contribution is -2.53. The molecular weight excluding hydrogens is 430 g/mol. The first kappa shape index (κ1) is 22.6. The van der Waals surface area contributed by atoms with E-state index in [2.05, 4.69) is 10.3 Å². The van der Waals surface area contributed by atoms with Gasteiger partial charge in [0.2, 0.25) is 11.8 Å². The Labute approximate surface area is 190 Å². The first-order chi connectivity index (χ1) is 15.8. The SMILES string of the molecule is CCC1CC1(NC(=O)C1CC(Oc2nccc3cc(OC)ccc23)CN1C(=O)O)C(=O)OC. The minimum absolute atomic E-state index is 0.00404. The number of likely N-dealkylation sites (tertiary alicyclic amines) is 1. The lowest BCUT2D eigenvalue weighted by molar-refractivity contribution is -0.147. The van der Waals surface area contributed by atoms with Gasteiger partial charge < -0.3 is 24.6 Å². The number of rotatable bonds is 7. The Morgan fingerprint density at radius 1 is 1.27 bits per heavy atom. The molecule has 2 heterocycles. The van der Waals surface area contributed by atoms with Crippen LogP contribution in [0, 0.1) is 5.92 Å². The van der Waals surface area contributed by atoms with E-state index in [4.69, 9.17) is 14.2 Å². The molecule has 1 aliphatic carbocycles. The molecule has 10 nitrogen and oxygen atoms in total. The molecule has 1 aromatic carbocycles. The first-order valence-electron chi connectivity index (χ1n) is 10.8. The van der Waals surface area contributed by atoms with E-state index in [9.17, 15) is 19.5 Å². The lowest BCUT2D eigenvalue weighted by atomic mass is 10.1. The number of hydrogen-bond donors (Lipinski definition) is 2. The van der Waals surface area contributed by atoms with Crippen molar-refractivity contribution in [1.82, 2.24) is 15.2 Å². The summed E-state index contributed by atoms with van der Waals surface area (Å²) in [6.45, 7) is 1.93. The second-order valence-corrected chi connectivity index (χ2v) is 8.39. The van der Waals surface area contributed by atoms with E-state index in [-0.39, 0.29) is 18.9 Å². The zero-order valence-corrected chi connectivity index (χ0v) is 18.7. The van der Waals surface area contributed by atoms with Crippen LogP contribution in [0.3, 0.4) is 0 Å². The lowest BCUT2D eigenvalue weighted by Gasteiger charge is -2.23. The van der Waals surface area contributed by atoms with Gasteiger partial charge in [-0.1, -0.05) is 13.3 Å². The number of esters is 1. The number of nitrogens with one attached hydrogen (secondary N) is 1. The molecule has 0 spiro atoms. The zero-order valence-electron chi connectivity index (χ0n) is 18.7. The molecule has 2 N–H and O–H groups in total. The third kappa shape index (κ3) is 4.12. The van der Waals surface area contributed by atoms with Crippen molar-refractivity contribution >= 4 is 28.7 Å². The van der Waals surface area contributed by atoms with Gasteiger partial charge in [-0.15, -0.1) is 0 Å². The van der Waals surface area contributed by atoms with Crippen molar-refractivity contribution in [2.75, 3.05) is 20.8 Å². The Morgan fingerprint density at radius 3 is 2.70 bits per heavy atom. The summed E-state index contributed by atoms with van der Waals surface area (Å²) in [5.41, 5.74) is -1.08. The molecule has 10 heteroatoms. The molecule has 4 atom stereocenters. The number of benzene rings is 1. The highest BCUT2D eigenvalue weighted by molar-refractivity contribution is 5.94. The highest BCUT2D eigenvalue weighted by Crippen LogP contribution is 2.47. The van der Waals surface area contributed by atoms with Crippen LogP contribution in [-0.4, -0.2) is 71.4 Å². The predicted molar refractivity (Wildman–Crippen MR) is 117 cm³/mol. The minimum atomic E-state index is -1.23. The largest absolute Gasteiger partial charge is 0.497 e. The van der Waals surface area contributed by atoms with E-state index >= 15 is 0 Å². The molecular formula is C23H27N3O7. The second kappa shape index (κ2) is 8.76. The molecule has 2 fully saturated rings. The second-order valence-electron chi connectivity index (χ2n) is 8.39. The zero-order chi connectivity index (χ0) is 23.8. The normalized spacial score (nSPS) is 26.0. The van der Waals surface area contributed by atoms with Gasteiger partial charge in [-0.25, -0.2) is 14.6 Å². The van der Waals surface area contributed by atoms with Crippen LogP contribution in [0.1, 0.15) is 26.2 Å². The number of nitrogens with zero attached hydrogens (tertiary/aromatic N) is 2. The van der Waals surface area contributed by atoms with Crippen molar-refractivity contribution in [2.45, 2.75) is 43.9 Å². The summed E-state index contributed by atoms with van der Waals surface area (Å²) >= 11 is 0. The molecule has 1 aromatic heterocycles. The summed E-state index contributed by atoms with van der Waals surface area (Å²) in [5, 5.41) is 14.1. The Hall–Kier alpha value is -3.56. The van der Waals surface area contributed by atoms with E-state index < -0.39 is 35.7 Å². The van der Waals surface area contributed by atoms with E-state index in [1.165, 1.54) is 7.11 Å². The van der Waals surface area contributed by atoms with Crippen LogP contribution in [0.4, 0.5) is 4.79 Å². The van der Waals surface area contributed by atoms with E-state index in [0.29, 0.717) is 24.5 Å². The third-order valence-corrected chi connectivity index (χ3v) is 6.52. The molecule has 4 rings (SSSR count). The number of fused-ring (bicyclic) bond motifs is 1. The van der Waals surface area contributed by atoms with Crippen LogP contribution in [0.25, 0.3) is 10.8 Å². The molecule has 176 valence electrons. The van der Waals surface area contributed by atoms with Gasteiger partial charge in [0.15, 0.2) is 0 Å². The Kier molecular flexibility index (Phi) is 6.01. The van der Waals surface area contributed by atoms with E-state index in [0.717, 1.165) is 15.7 Å². The molecule has 1 aliphatic heterocycles. The van der Waals surface area contributed by atoms with Gasteiger partial charge in [0.25, 0.3) is 0 Å². The number of carboxylic acid groups (broad SMARTS) is 1. The number of carbonyl (C=O) groups is 3. The maximum Gasteiger partial charge on any atom is 0.408 e. The molecule has 1 saturated heterocycles. The number of amides is 2. The predicted octanol–water partition coefficient (Wildman–Crippen LogP) is 2.20. The first-order valence-corrected chi connectivity index (χ1v) is 10.8. The summed E-state index contributed by atoms with van der Waals surface area (Å²) in [7, 11) is 2.86. The van der Waals surface area contributed by atoms with Crippen LogP contribution in [0.2, 0.25) is 0 Å². The quantitative estimate of drug-likeness (QED) is 0.606. The van der Waals surface area contributed by atoms with Crippen molar-refractivity contribution in [1.29, 1.82) is 0 Å². The molecule has 0 bridgehead atoms. The van der Waals surface area contributed by atoms with Gasteiger partial charge in [0, 0.05) is 18.0 Å². The van der Waals surface area contributed by atoms with E-state index in [1.807, 2.05) is 25.1 Å². The van der Waals surface area contributed by atoms with Gasteiger partial charge in [-0.05, 0) is 42.0 Å². The molecule has 1 saturated carbocycles. The van der Waals surface area contributed by atoms with Crippen LogP contribution >= 0.6 is 0 Å². The Bertz CT molecular complexity index is 1090. The summed E-state index contributed by atoms with van der Waals surface area (Å²) in [5.74, 6) is -0.0196. The highest BCUT2D eigenvalue weighted by Gasteiger charge is 2.62. The number of ether oxygens (including phenoxy) is 3. The van der Waals surface area contributed by atoms with Gasteiger partial charge in [0.1, 0.15) is 23.4 Å². The number of carbonyl (C=O) groups excluding carboxylic acids is 2. The van der Waals surface area contributed by atoms with Gasteiger partial charge >= 0.3 is 12.1 Å². The van der Waals surface area contributed by atoms with Crippen LogP contribution in [0.15, 0.2) is 30.5 Å². The molecule has 4 unspecified atom stereocenters. The summed E-state index contributed by atoms with van der Waals surface area (Å²) in [6.07, 6.45) is 1.11. The topological polar surface area (TPSA) is 127 Å². The Balaban J connectivity index is 1.52. The van der Waals surface area contributed by atoms with Crippen molar-refractivity contribution < 1.29 is 33.7 Å². The number of aromatic nitrogens is 1. The van der Waals surface area contributed by atoms with Crippen LogP contribution in [-0.2, 0) is 14.3 Å². The van der Waals surface area contributed by atoms with Crippen molar-refractivity contribution in [2.24, 2.45) is 5.92 Å². The summed E-state index contributed by atoms with van der Waals surface area (Å²) in [4.78, 5) is 42.6. The van der Waals surface area contributed by atoms with Gasteiger partial charge in [0.05, 0.1) is 20.8 Å². The van der Waals surface area contributed by atoms with Crippen molar-refractivity contribution in [3.63, 3.8) is 0 Å². The summed E-state index contributed by atoms with van der Waals surface area (Å²) < 4.78 is 16.2. The highest BCUT2D eigenvalue weighted by atomic mass is 16.5. The summed E-state index contributed by atoms with van der Waals surface area (Å²) in [6, 6.07) is 6.30. The number of hydrogen-bond acceptors (Lipinski definition) is 7. The van der Waals surface area contributed by atoms with Crippen LogP contribution < -0.4 is 14.8 Å². The molecule has 0 radical (unpaired) electrons. The number of methoxy groups -OCH3 is 2. The average Bonchev–Trinajstić information content (AvgIpc) is 3.36. The smallest absolute Gasteiger partial charge is 0.408 e.